The Bertz CT molecular complexity index is 1060. The summed E-state index contributed by atoms with van der Waals surface area (Å²) in [6, 6.07) is 21.9. The summed E-state index contributed by atoms with van der Waals surface area (Å²) in [5, 5.41) is 0. The smallest absolute Gasteiger partial charge is 0.165 e. The number of benzene rings is 2. The molecule has 4 aromatic rings. The number of rotatable bonds is 5. The van der Waals surface area contributed by atoms with E-state index in [1.165, 1.54) is 11.1 Å². The molecule has 0 amide bonds. The van der Waals surface area contributed by atoms with Crippen molar-refractivity contribution in [3.8, 4) is 0 Å². The minimum absolute atomic E-state index is 0.263. The zero-order valence-electron chi connectivity index (χ0n) is 17.2. The normalized spacial score (nSPS) is 15.2. The Hall–Kier alpha value is -3.25. The highest BCUT2D eigenvalue weighted by Crippen LogP contribution is 2.31. The van der Waals surface area contributed by atoms with Crippen LogP contribution in [0.25, 0.3) is 11.2 Å². The molecular formula is C24H26N6. The summed E-state index contributed by atoms with van der Waals surface area (Å²) in [5.41, 5.74) is 4.48. The zero-order chi connectivity index (χ0) is 20.3. The van der Waals surface area contributed by atoms with E-state index in [9.17, 15) is 0 Å². The maximum absolute atomic E-state index is 4.60. The highest BCUT2D eigenvalue weighted by molar-refractivity contribution is 5.83. The van der Waals surface area contributed by atoms with Crippen molar-refractivity contribution in [3.63, 3.8) is 0 Å². The minimum Gasteiger partial charge on any atom is -0.352 e. The van der Waals surface area contributed by atoms with E-state index in [4.69, 9.17) is 0 Å². The van der Waals surface area contributed by atoms with E-state index in [1.807, 2.05) is 6.33 Å². The minimum atomic E-state index is 0.263. The maximum atomic E-state index is 4.60. The van der Waals surface area contributed by atoms with Crippen LogP contribution in [0.2, 0.25) is 0 Å². The van der Waals surface area contributed by atoms with Gasteiger partial charge in [0.2, 0.25) is 0 Å². The van der Waals surface area contributed by atoms with E-state index < -0.39 is 0 Å². The molecule has 152 valence electrons. The van der Waals surface area contributed by atoms with Crippen molar-refractivity contribution < 1.29 is 0 Å². The van der Waals surface area contributed by atoms with Crippen molar-refractivity contribution in [2.24, 2.45) is 0 Å². The van der Waals surface area contributed by atoms with Crippen molar-refractivity contribution in [3.05, 3.63) is 84.4 Å². The number of piperazine rings is 1. The van der Waals surface area contributed by atoms with E-state index in [-0.39, 0.29) is 6.04 Å². The summed E-state index contributed by atoms with van der Waals surface area (Å²) < 4.78 is 2.07. The number of aromatic nitrogens is 4. The van der Waals surface area contributed by atoms with Crippen LogP contribution in [0.5, 0.6) is 0 Å². The molecule has 6 nitrogen and oxygen atoms in total. The van der Waals surface area contributed by atoms with Crippen molar-refractivity contribution in [1.29, 1.82) is 0 Å². The number of hydrogen-bond acceptors (Lipinski definition) is 5. The predicted octanol–water partition coefficient (Wildman–Crippen LogP) is 3.76. The van der Waals surface area contributed by atoms with Crippen LogP contribution in [0, 0.1) is 0 Å². The molecule has 0 spiro atoms. The first-order valence-corrected chi connectivity index (χ1v) is 10.6. The lowest BCUT2D eigenvalue weighted by atomic mass is 9.96. The summed E-state index contributed by atoms with van der Waals surface area (Å²) in [7, 11) is 0. The molecule has 5 rings (SSSR count). The van der Waals surface area contributed by atoms with E-state index in [0.717, 1.165) is 49.7 Å². The Labute approximate surface area is 176 Å². The monoisotopic (exact) mass is 398 g/mol. The van der Waals surface area contributed by atoms with E-state index in [2.05, 4.69) is 96.9 Å². The number of anilines is 1. The van der Waals surface area contributed by atoms with Crippen LogP contribution in [0.1, 0.15) is 24.1 Å². The van der Waals surface area contributed by atoms with Gasteiger partial charge >= 0.3 is 0 Å². The molecule has 1 saturated heterocycles. The van der Waals surface area contributed by atoms with Gasteiger partial charge in [0.1, 0.15) is 6.33 Å². The Morgan fingerprint density at radius 1 is 0.800 bits per heavy atom. The highest BCUT2D eigenvalue weighted by Gasteiger charge is 2.28. The molecule has 1 fully saturated rings. The van der Waals surface area contributed by atoms with Crippen molar-refractivity contribution in [2.45, 2.75) is 19.5 Å². The lowest BCUT2D eigenvalue weighted by molar-refractivity contribution is 0.212. The van der Waals surface area contributed by atoms with Gasteiger partial charge in [0.15, 0.2) is 17.0 Å². The third-order valence-corrected chi connectivity index (χ3v) is 5.93. The van der Waals surface area contributed by atoms with Crippen LogP contribution < -0.4 is 4.90 Å². The van der Waals surface area contributed by atoms with Gasteiger partial charge in [-0.3, -0.25) is 4.90 Å². The zero-order valence-corrected chi connectivity index (χ0v) is 17.2. The second kappa shape index (κ2) is 8.24. The van der Waals surface area contributed by atoms with Crippen molar-refractivity contribution in [1.82, 2.24) is 24.4 Å². The quantitative estimate of drug-likeness (QED) is 0.512. The van der Waals surface area contributed by atoms with Gasteiger partial charge < -0.3 is 9.47 Å². The SMILES string of the molecule is CCn1cnc2c(N3CCN(C(c4ccccc4)c4ccccc4)CC3)ncnc21. The third-order valence-electron chi connectivity index (χ3n) is 5.93. The van der Waals surface area contributed by atoms with Gasteiger partial charge in [-0.1, -0.05) is 60.7 Å². The first kappa shape index (κ1) is 18.8. The number of imidazole rings is 1. The molecule has 2 aromatic heterocycles. The third kappa shape index (κ3) is 3.44. The number of aryl methyl sites for hydroxylation is 1. The molecule has 0 bridgehead atoms. The highest BCUT2D eigenvalue weighted by atomic mass is 15.3. The Morgan fingerprint density at radius 2 is 1.43 bits per heavy atom. The lowest BCUT2D eigenvalue weighted by Crippen LogP contribution is -2.48. The van der Waals surface area contributed by atoms with E-state index >= 15 is 0 Å². The molecule has 0 aliphatic carbocycles. The molecule has 1 aliphatic rings. The van der Waals surface area contributed by atoms with Crippen LogP contribution in [0.15, 0.2) is 73.3 Å². The fraction of sp³-hybridized carbons (Fsp3) is 0.292. The molecule has 0 unspecified atom stereocenters. The molecule has 0 saturated carbocycles. The number of fused-ring (bicyclic) bond motifs is 1. The fourth-order valence-electron chi connectivity index (χ4n) is 4.41. The number of nitrogens with zero attached hydrogens (tertiary/aromatic N) is 6. The van der Waals surface area contributed by atoms with Crippen LogP contribution in [-0.4, -0.2) is 50.6 Å². The first-order chi connectivity index (χ1) is 14.8. The molecule has 3 heterocycles. The first-order valence-electron chi connectivity index (χ1n) is 10.6. The molecule has 30 heavy (non-hydrogen) atoms. The molecule has 1 aliphatic heterocycles. The molecule has 6 heteroatoms. The summed E-state index contributed by atoms with van der Waals surface area (Å²) in [5.74, 6) is 0.947. The number of hydrogen-bond donors (Lipinski definition) is 0. The van der Waals surface area contributed by atoms with Gasteiger partial charge in [0, 0.05) is 32.7 Å². The van der Waals surface area contributed by atoms with Gasteiger partial charge in [-0.2, -0.15) is 0 Å². The Morgan fingerprint density at radius 3 is 2.03 bits per heavy atom. The van der Waals surface area contributed by atoms with Crippen LogP contribution in [0.3, 0.4) is 0 Å². The summed E-state index contributed by atoms with van der Waals surface area (Å²) in [6.45, 7) is 6.73. The predicted molar refractivity (Wildman–Crippen MR) is 120 cm³/mol. The second-order valence-corrected chi connectivity index (χ2v) is 7.65. The van der Waals surface area contributed by atoms with Crippen molar-refractivity contribution in [2.75, 3.05) is 31.1 Å². The van der Waals surface area contributed by atoms with Gasteiger partial charge in [0.25, 0.3) is 0 Å². The Balaban J connectivity index is 1.40. The average Bonchev–Trinajstić information content (AvgIpc) is 3.25. The standard InChI is InChI=1S/C24H26N6/c1-2-28-18-27-21-23(28)25-17-26-24(21)30-15-13-29(14-16-30)22(19-9-5-3-6-10-19)20-11-7-4-8-12-20/h3-12,17-18,22H,2,13-16H2,1H3. The van der Waals surface area contributed by atoms with Gasteiger partial charge in [-0.05, 0) is 18.1 Å². The fourth-order valence-corrected chi connectivity index (χ4v) is 4.41. The lowest BCUT2D eigenvalue weighted by Gasteiger charge is -2.40. The molecular weight excluding hydrogens is 372 g/mol. The van der Waals surface area contributed by atoms with Gasteiger partial charge in [0.05, 0.1) is 12.4 Å². The van der Waals surface area contributed by atoms with Crippen molar-refractivity contribution >= 4 is 17.0 Å². The van der Waals surface area contributed by atoms with Crippen LogP contribution in [-0.2, 0) is 6.54 Å². The van der Waals surface area contributed by atoms with Crippen LogP contribution >= 0.6 is 0 Å². The molecule has 0 radical (unpaired) electrons. The van der Waals surface area contributed by atoms with Crippen LogP contribution in [0.4, 0.5) is 5.82 Å². The van der Waals surface area contributed by atoms with E-state index in [1.54, 1.807) is 6.33 Å². The Kier molecular flexibility index (Phi) is 5.15. The van der Waals surface area contributed by atoms with E-state index in [0.29, 0.717) is 0 Å². The molecule has 0 N–H and O–H groups in total. The largest absolute Gasteiger partial charge is 0.352 e. The molecule has 2 aromatic carbocycles. The molecule has 0 atom stereocenters. The maximum Gasteiger partial charge on any atom is 0.165 e. The summed E-state index contributed by atoms with van der Waals surface area (Å²) in [6.07, 6.45) is 3.52. The topological polar surface area (TPSA) is 50.1 Å². The average molecular weight is 399 g/mol. The second-order valence-electron chi connectivity index (χ2n) is 7.65. The summed E-state index contributed by atoms with van der Waals surface area (Å²) in [4.78, 5) is 18.5. The van der Waals surface area contributed by atoms with Gasteiger partial charge in [-0.25, -0.2) is 15.0 Å². The van der Waals surface area contributed by atoms with Gasteiger partial charge in [-0.15, -0.1) is 0 Å². The summed E-state index contributed by atoms with van der Waals surface area (Å²) >= 11 is 0.